The van der Waals surface area contributed by atoms with Crippen LogP contribution in [0.25, 0.3) is 0 Å². The number of hydrogen-bond acceptors (Lipinski definition) is 4. The van der Waals surface area contributed by atoms with Gasteiger partial charge in [0.05, 0.1) is 11.3 Å². The lowest BCUT2D eigenvalue weighted by Gasteiger charge is -2.13. The lowest BCUT2D eigenvalue weighted by atomic mass is 10.1. The first-order valence-corrected chi connectivity index (χ1v) is 7.36. The highest BCUT2D eigenvalue weighted by atomic mass is 32.1. The van der Waals surface area contributed by atoms with Crippen LogP contribution < -0.4 is 0 Å². The van der Waals surface area contributed by atoms with Crippen molar-refractivity contribution in [3.63, 3.8) is 0 Å². The number of carbonyl (C=O) groups is 2. The zero-order chi connectivity index (χ0) is 14.4. The number of hydrogen-bond donors (Lipinski definition) is 0. The molecule has 0 aliphatic heterocycles. The van der Waals surface area contributed by atoms with E-state index in [1.165, 1.54) is 11.3 Å². The lowest BCUT2D eigenvalue weighted by molar-refractivity contribution is -0.148. The Bertz CT molecular complexity index is 561. The van der Waals surface area contributed by atoms with Gasteiger partial charge in [-0.3, -0.25) is 9.59 Å². The van der Waals surface area contributed by atoms with Gasteiger partial charge in [0.25, 0.3) is 0 Å². The van der Waals surface area contributed by atoms with E-state index in [1.807, 2.05) is 48.7 Å². The van der Waals surface area contributed by atoms with Crippen LogP contribution in [-0.2, 0) is 9.53 Å². The molecule has 0 fully saturated rings. The predicted molar refractivity (Wildman–Crippen MR) is 78.8 cm³/mol. The van der Waals surface area contributed by atoms with Gasteiger partial charge in [-0.15, -0.1) is 11.3 Å². The molecule has 3 nitrogen and oxygen atoms in total. The van der Waals surface area contributed by atoms with Gasteiger partial charge in [0.1, 0.15) is 6.10 Å². The monoisotopic (exact) mass is 288 g/mol. The van der Waals surface area contributed by atoms with Crippen molar-refractivity contribution in [3.8, 4) is 0 Å². The van der Waals surface area contributed by atoms with Gasteiger partial charge in [0.15, 0.2) is 5.78 Å². The minimum Gasteiger partial charge on any atom is -0.458 e. The third kappa shape index (κ3) is 4.03. The van der Waals surface area contributed by atoms with E-state index in [4.69, 9.17) is 4.74 Å². The standard InChI is InChI=1S/C16H16O3S/c1-12(13-6-3-2-4-7-13)19-16(18)10-9-14(17)15-8-5-11-20-15/h2-8,11-12H,9-10H2,1H3. The molecule has 20 heavy (non-hydrogen) atoms. The molecule has 2 rings (SSSR count). The first kappa shape index (κ1) is 14.5. The smallest absolute Gasteiger partial charge is 0.306 e. The molecule has 1 atom stereocenters. The Balaban J connectivity index is 1.80. The summed E-state index contributed by atoms with van der Waals surface area (Å²) in [6.45, 7) is 1.83. The van der Waals surface area contributed by atoms with E-state index in [0.29, 0.717) is 4.88 Å². The number of ether oxygens (including phenoxy) is 1. The molecule has 0 amide bonds. The molecule has 0 spiro atoms. The molecule has 0 saturated heterocycles. The van der Waals surface area contributed by atoms with Crippen LogP contribution in [0.2, 0.25) is 0 Å². The second kappa shape index (κ2) is 7.01. The molecular formula is C16H16O3S. The van der Waals surface area contributed by atoms with Gasteiger partial charge in [0.2, 0.25) is 0 Å². The van der Waals surface area contributed by atoms with Crippen LogP contribution in [0.3, 0.4) is 0 Å². The fourth-order valence-corrected chi connectivity index (χ4v) is 2.52. The summed E-state index contributed by atoms with van der Waals surface area (Å²) >= 11 is 1.39. The Kier molecular flexibility index (Phi) is 5.07. The molecule has 1 unspecified atom stereocenters. The molecule has 0 bridgehead atoms. The quantitative estimate of drug-likeness (QED) is 0.595. The van der Waals surface area contributed by atoms with Crippen molar-refractivity contribution in [2.75, 3.05) is 0 Å². The van der Waals surface area contributed by atoms with Gasteiger partial charge in [-0.2, -0.15) is 0 Å². The number of esters is 1. The van der Waals surface area contributed by atoms with Crippen LogP contribution in [0.5, 0.6) is 0 Å². The summed E-state index contributed by atoms with van der Waals surface area (Å²) in [7, 11) is 0. The third-order valence-electron chi connectivity index (χ3n) is 2.93. The Labute approximate surface area is 122 Å². The molecule has 0 aliphatic carbocycles. The van der Waals surface area contributed by atoms with E-state index >= 15 is 0 Å². The Morgan fingerprint density at radius 3 is 2.50 bits per heavy atom. The number of rotatable bonds is 6. The van der Waals surface area contributed by atoms with Crippen molar-refractivity contribution in [2.45, 2.75) is 25.9 Å². The molecule has 1 aromatic heterocycles. The van der Waals surface area contributed by atoms with Crippen molar-refractivity contribution < 1.29 is 14.3 Å². The second-order valence-electron chi connectivity index (χ2n) is 4.44. The van der Waals surface area contributed by atoms with Gasteiger partial charge < -0.3 is 4.74 Å². The van der Waals surface area contributed by atoms with Crippen molar-refractivity contribution >= 4 is 23.1 Å². The fraction of sp³-hybridized carbons (Fsp3) is 0.250. The number of carbonyl (C=O) groups excluding carboxylic acids is 2. The number of benzene rings is 1. The molecule has 0 N–H and O–H groups in total. The summed E-state index contributed by atoms with van der Waals surface area (Å²) in [4.78, 5) is 24.2. The van der Waals surface area contributed by atoms with E-state index in [2.05, 4.69) is 0 Å². The normalized spacial score (nSPS) is 11.8. The first-order chi connectivity index (χ1) is 9.66. The molecule has 1 aromatic carbocycles. The summed E-state index contributed by atoms with van der Waals surface area (Å²) in [6, 6.07) is 13.1. The topological polar surface area (TPSA) is 43.4 Å². The average Bonchev–Trinajstić information content (AvgIpc) is 3.00. The van der Waals surface area contributed by atoms with E-state index in [1.54, 1.807) is 6.07 Å². The molecule has 4 heteroatoms. The first-order valence-electron chi connectivity index (χ1n) is 6.48. The van der Waals surface area contributed by atoms with E-state index in [9.17, 15) is 9.59 Å². The zero-order valence-electron chi connectivity index (χ0n) is 11.2. The van der Waals surface area contributed by atoms with Crippen molar-refractivity contribution in [3.05, 3.63) is 58.3 Å². The molecular weight excluding hydrogens is 272 g/mol. The Morgan fingerprint density at radius 1 is 1.10 bits per heavy atom. The van der Waals surface area contributed by atoms with E-state index in [0.717, 1.165) is 5.56 Å². The zero-order valence-corrected chi connectivity index (χ0v) is 12.1. The summed E-state index contributed by atoms with van der Waals surface area (Å²) in [5.41, 5.74) is 0.949. The van der Waals surface area contributed by atoms with Crippen LogP contribution in [0.4, 0.5) is 0 Å². The van der Waals surface area contributed by atoms with Gasteiger partial charge in [-0.05, 0) is 23.9 Å². The summed E-state index contributed by atoms with van der Waals surface area (Å²) in [6.07, 6.45) is 0.0231. The summed E-state index contributed by atoms with van der Waals surface area (Å²) in [5.74, 6) is -0.351. The van der Waals surface area contributed by atoms with Gasteiger partial charge in [-0.25, -0.2) is 0 Å². The average molecular weight is 288 g/mol. The Hall–Kier alpha value is -1.94. The Morgan fingerprint density at radius 2 is 1.85 bits per heavy atom. The van der Waals surface area contributed by atoms with Crippen LogP contribution in [0.1, 0.15) is 41.1 Å². The van der Waals surface area contributed by atoms with Crippen molar-refractivity contribution in [1.82, 2.24) is 0 Å². The maximum absolute atomic E-state index is 11.8. The van der Waals surface area contributed by atoms with E-state index < -0.39 is 0 Å². The lowest BCUT2D eigenvalue weighted by Crippen LogP contribution is -2.10. The minimum absolute atomic E-state index is 0.00989. The maximum atomic E-state index is 11.8. The van der Waals surface area contributed by atoms with Gasteiger partial charge >= 0.3 is 5.97 Å². The SMILES string of the molecule is CC(OC(=O)CCC(=O)c1cccs1)c1ccccc1. The van der Waals surface area contributed by atoms with Gasteiger partial charge in [-0.1, -0.05) is 36.4 Å². The molecule has 1 heterocycles. The second-order valence-corrected chi connectivity index (χ2v) is 5.39. The fourth-order valence-electron chi connectivity index (χ4n) is 1.82. The van der Waals surface area contributed by atoms with Crippen LogP contribution in [0.15, 0.2) is 47.8 Å². The van der Waals surface area contributed by atoms with E-state index in [-0.39, 0.29) is 30.7 Å². The summed E-state index contributed by atoms with van der Waals surface area (Å²) in [5, 5.41) is 1.85. The van der Waals surface area contributed by atoms with Crippen LogP contribution in [-0.4, -0.2) is 11.8 Å². The number of thiophene rings is 1. The maximum Gasteiger partial charge on any atom is 0.306 e. The summed E-state index contributed by atoms with van der Waals surface area (Å²) < 4.78 is 5.32. The highest BCUT2D eigenvalue weighted by Gasteiger charge is 2.14. The van der Waals surface area contributed by atoms with Gasteiger partial charge in [0, 0.05) is 6.42 Å². The molecule has 2 aromatic rings. The number of Topliss-reactive ketones (excluding diaryl/α,β-unsaturated/α-hetero) is 1. The van der Waals surface area contributed by atoms with Crippen molar-refractivity contribution in [2.24, 2.45) is 0 Å². The number of ketones is 1. The van der Waals surface area contributed by atoms with Crippen LogP contribution >= 0.6 is 11.3 Å². The third-order valence-corrected chi connectivity index (χ3v) is 3.84. The minimum atomic E-state index is -0.341. The molecule has 0 saturated carbocycles. The molecule has 0 aliphatic rings. The van der Waals surface area contributed by atoms with Crippen LogP contribution in [0, 0.1) is 0 Å². The predicted octanol–water partition coefficient (Wildman–Crippen LogP) is 4.02. The highest BCUT2D eigenvalue weighted by Crippen LogP contribution is 2.18. The largest absolute Gasteiger partial charge is 0.458 e. The highest BCUT2D eigenvalue weighted by molar-refractivity contribution is 7.12. The molecule has 0 radical (unpaired) electrons. The molecule has 104 valence electrons. The van der Waals surface area contributed by atoms with Crippen molar-refractivity contribution in [1.29, 1.82) is 0 Å².